The summed E-state index contributed by atoms with van der Waals surface area (Å²) in [5, 5.41) is 3.53. The molecule has 3 nitrogen and oxygen atoms in total. The molecule has 0 saturated carbocycles. The monoisotopic (exact) mass is 315 g/mol. The van der Waals surface area contributed by atoms with E-state index in [0.29, 0.717) is 12.1 Å². The molecule has 2 saturated heterocycles. The fourth-order valence-corrected chi connectivity index (χ4v) is 4.22. The Labute approximate surface area is 142 Å². The largest absolute Gasteiger partial charge is 0.314 e. The minimum atomic E-state index is 0.692. The molecule has 2 aliphatic heterocycles. The fourth-order valence-electron chi connectivity index (χ4n) is 4.22. The standard InChI is InChI=1S/C20H33N3/c1-17-14-21-15-18(2)23(17)13-10-19-8-11-22(12-9-19)16-20-6-4-3-5-7-20/h3-7,17-19,21H,8-16H2,1-2H3/t17-,18+. The van der Waals surface area contributed by atoms with Crippen LogP contribution in [0.4, 0.5) is 0 Å². The minimum absolute atomic E-state index is 0.692. The van der Waals surface area contributed by atoms with E-state index in [2.05, 4.69) is 59.3 Å². The maximum atomic E-state index is 3.53. The Kier molecular flexibility index (Phi) is 6.09. The Morgan fingerprint density at radius 3 is 2.30 bits per heavy atom. The van der Waals surface area contributed by atoms with Crippen molar-refractivity contribution < 1.29 is 0 Å². The van der Waals surface area contributed by atoms with Crippen molar-refractivity contribution in [2.75, 3.05) is 32.7 Å². The molecule has 2 heterocycles. The number of nitrogens with one attached hydrogen (secondary N) is 1. The van der Waals surface area contributed by atoms with Gasteiger partial charge < -0.3 is 5.32 Å². The van der Waals surface area contributed by atoms with Crippen LogP contribution in [0, 0.1) is 5.92 Å². The first-order valence-corrected chi connectivity index (χ1v) is 9.45. The van der Waals surface area contributed by atoms with Crippen LogP contribution in [0.3, 0.4) is 0 Å². The highest BCUT2D eigenvalue weighted by molar-refractivity contribution is 5.14. The number of nitrogens with zero attached hydrogens (tertiary/aromatic N) is 2. The van der Waals surface area contributed by atoms with Crippen LogP contribution in [0.1, 0.15) is 38.7 Å². The minimum Gasteiger partial charge on any atom is -0.314 e. The van der Waals surface area contributed by atoms with Crippen molar-refractivity contribution in [3.63, 3.8) is 0 Å². The molecule has 23 heavy (non-hydrogen) atoms. The van der Waals surface area contributed by atoms with E-state index in [0.717, 1.165) is 25.6 Å². The zero-order valence-electron chi connectivity index (χ0n) is 14.9. The number of likely N-dealkylation sites (tertiary alicyclic amines) is 1. The Bertz CT molecular complexity index is 443. The van der Waals surface area contributed by atoms with E-state index >= 15 is 0 Å². The molecule has 1 aromatic rings. The summed E-state index contributed by atoms with van der Waals surface area (Å²) in [6.45, 7) is 12.0. The lowest BCUT2D eigenvalue weighted by molar-refractivity contribution is 0.0967. The van der Waals surface area contributed by atoms with Crippen molar-refractivity contribution in [2.45, 2.75) is 51.7 Å². The first-order chi connectivity index (χ1) is 11.2. The number of benzene rings is 1. The predicted molar refractivity (Wildman–Crippen MR) is 97.6 cm³/mol. The summed E-state index contributed by atoms with van der Waals surface area (Å²) < 4.78 is 0. The van der Waals surface area contributed by atoms with E-state index in [1.54, 1.807) is 0 Å². The predicted octanol–water partition coefficient (Wildman–Crippen LogP) is 2.97. The second-order valence-electron chi connectivity index (χ2n) is 7.59. The first-order valence-electron chi connectivity index (χ1n) is 9.45. The van der Waals surface area contributed by atoms with E-state index in [1.165, 1.54) is 44.5 Å². The SMILES string of the molecule is C[C@@H]1CNC[C@H](C)N1CCC1CCN(Cc2ccccc2)CC1. The van der Waals surface area contributed by atoms with E-state index in [-0.39, 0.29) is 0 Å². The van der Waals surface area contributed by atoms with Crippen LogP contribution in [0.25, 0.3) is 0 Å². The molecule has 2 fully saturated rings. The molecule has 0 amide bonds. The topological polar surface area (TPSA) is 18.5 Å². The Hall–Kier alpha value is -0.900. The van der Waals surface area contributed by atoms with Crippen molar-refractivity contribution in [1.82, 2.24) is 15.1 Å². The van der Waals surface area contributed by atoms with Crippen LogP contribution < -0.4 is 5.32 Å². The summed E-state index contributed by atoms with van der Waals surface area (Å²) in [6.07, 6.45) is 4.14. The van der Waals surface area contributed by atoms with Gasteiger partial charge in [0, 0.05) is 31.7 Å². The van der Waals surface area contributed by atoms with Crippen LogP contribution in [-0.2, 0) is 6.54 Å². The Morgan fingerprint density at radius 2 is 1.65 bits per heavy atom. The number of piperazine rings is 1. The van der Waals surface area contributed by atoms with Gasteiger partial charge in [-0.1, -0.05) is 30.3 Å². The third-order valence-electron chi connectivity index (χ3n) is 5.76. The summed E-state index contributed by atoms with van der Waals surface area (Å²) in [5.74, 6) is 0.927. The number of piperidine rings is 1. The summed E-state index contributed by atoms with van der Waals surface area (Å²) in [5.41, 5.74) is 1.45. The fraction of sp³-hybridized carbons (Fsp3) is 0.700. The maximum absolute atomic E-state index is 3.53. The quantitative estimate of drug-likeness (QED) is 0.901. The van der Waals surface area contributed by atoms with Gasteiger partial charge in [-0.15, -0.1) is 0 Å². The molecule has 0 bridgehead atoms. The lowest BCUT2D eigenvalue weighted by atomic mass is 9.92. The molecule has 0 radical (unpaired) electrons. The molecule has 3 rings (SSSR count). The van der Waals surface area contributed by atoms with Gasteiger partial charge in [-0.3, -0.25) is 9.80 Å². The van der Waals surface area contributed by atoms with Crippen LogP contribution >= 0.6 is 0 Å². The smallest absolute Gasteiger partial charge is 0.0233 e. The van der Waals surface area contributed by atoms with Crippen molar-refractivity contribution in [3.8, 4) is 0 Å². The molecule has 3 heteroatoms. The maximum Gasteiger partial charge on any atom is 0.0233 e. The van der Waals surface area contributed by atoms with Crippen LogP contribution in [-0.4, -0.2) is 54.6 Å². The molecular formula is C20H33N3. The van der Waals surface area contributed by atoms with Gasteiger partial charge >= 0.3 is 0 Å². The Balaban J connectivity index is 1.39. The molecule has 2 aliphatic rings. The lowest BCUT2D eigenvalue weighted by Gasteiger charge is -2.41. The van der Waals surface area contributed by atoms with Crippen LogP contribution in [0.15, 0.2) is 30.3 Å². The lowest BCUT2D eigenvalue weighted by Crippen LogP contribution is -2.55. The van der Waals surface area contributed by atoms with Gasteiger partial charge in [0.05, 0.1) is 0 Å². The second-order valence-corrected chi connectivity index (χ2v) is 7.59. The average Bonchev–Trinajstić information content (AvgIpc) is 2.57. The number of rotatable bonds is 5. The van der Waals surface area contributed by atoms with Crippen molar-refractivity contribution >= 4 is 0 Å². The highest BCUT2D eigenvalue weighted by Gasteiger charge is 2.26. The van der Waals surface area contributed by atoms with Gasteiger partial charge in [0.15, 0.2) is 0 Å². The second kappa shape index (κ2) is 8.27. The first kappa shape index (κ1) is 16.9. The van der Waals surface area contributed by atoms with Gasteiger partial charge in [-0.2, -0.15) is 0 Å². The zero-order chi connectivity index (χ0) is 16.1. The summed E-state index contributed by atoms with van der Waals surface area (Å²) >= 11 is 0. The molecule has 1 N–H and O–H groups in total. The highest BCUT2D eigenvalue weighted by atomic mass is 15.2. The van der Waals surface area contributed by atoms with E-state index in [1.807, 2.05) is 0 Å². The summed E-state index contributed by atoms with van der Waals surface area (Å²) in [6, 6.07) is 12.3. The molecule has 0 aromatic heterocycles. The molecule has 2 atom stereocenters. The third-order valence-corrected chi connectivity index (χ3v) is 5.76. The summed E-state index contributed by atoms with van der Waals surface area (Å²) in [4.78, 5) is 5.34. The van der Waals surface area contributed by atoms with Gasteiger partial charge in [0.2, 0.25) is 0 Å². The third kappa shape index (κ3) is 4.79. The van der Waals surface area contributed by atoms with E-state index in [4.69, 9.17) is 0 Å². The van der Waals surface area contributed by atoms with Crippen molar-refractivity contribution in [2.24, 2.45) is 5.92 Å². The van der Waals surface area contributed by atoms with Crippen molar-refractivity contribution in [3.05, 3.63) is 35.9 Å². The molecule has 1 aromatic carbocycles. The Morgan fingerprint density at radius 1 is 1.00 bits per heavy atom. The number of hydrogen-bond donors (Lipinski definition) is 1. The van der Waals surface area contributed by atoms with Gasteiger partial charge in [-0.25, -0.2) is 0 Å². The molecule has 128 valence electrons. The van der Waals surface area contributed by atoms with E-state index < -0.39 is 0 Å². The molecule has 0 aliphatic carbocycles. The van der Waals surface area contributed by atoms with E-state index in [9.17, 15) is 0 Å². The van der Waals surface area contributed by atoms with Gasteiger partial charge in [0.1, 0.15) is 0 Å². The summed E-state index contributed by atoms with van der Waals surface area (Å²) in [7, 11) is 0. The molecule has 0 spiro atoms. The van der Waals surface area contributed by atoms with Gasteiger partial charge in [-0.05, 0) is 64.2 Å². The number of hydrogen-bond acceptors (Lipinski definition) is 3. The molecular weight excluding hydrogens is 282 g/mol. The van der Waals surface area contributed by atoms with Gasteiger partial charge in [0.25, 0.3) is 0 Å². The average molecular weight is 316 g/mol. The van der Waals surface area contributed by atoms with Crippen LogP contribution in [0.5, 0.6) is 0 Å². The normalized spacial score (nSPS) is 28.1. The highest BCUT2D eigenvalue weighted by Crippen LogP contribution is 2.23. The molecule has 0 unspecified atom stereocenters. The zero-order valence-corrected chi connectivity index (χ0v) is 14.9. The van der Waals surface area contributed by atoms with Crippen molar-refractivity contribution in [1.29, 1.82) is 0 Å². The van der Waals surface area contributed by atoms with Crippen LogP contribution in [0.2, 0.25) is 0 Å².